The van der Waals surface area contributed by atoms with Crippen molar-refractivity contribution in [3.05, 3.63) is 22.4 Å². The molecule has 0 saturated heterocycles. The molecule has 1 aliphatic rings. The molecule has 1 heterocycles. The largest absolute Gasteiger partial charge is 0.481 e. The second-order valence-electron chi connectivity index (χ2n) is 5.16. The van der Waals surface area contributed by atoms with Crippen LogP contribution < -0.4 is 0 Å². The molecular formula is C13H12BrFN2O2S. The van der Waals surface area contributed by atoms with E-state index in [1.54, 1.807) is 6.07 Å². The highest BCUT2D eigenvalue weighted by molar-refractivity contribution is 9.10. The molecule has 0 aliphatic heterocycles. The predicted octanol–water partition coefficient (Wildman–Crippen LogP) is 3.62. The lowest BCUT2D eigenvalue weighted by Crippen LogP contribution is -2.14. The van der Waals surface area contributed by atoms with Gasteiger partial charge in [-0.2, -0.15) is 0 Å². The third-order valence-electron chi connectivity index (χ3n) is 3.50. The van der Waals surface area contributed by atoms with Crippen LogP contribution in [-0.4, -0.2) is 26.4 Å². The van der Waals surface area contributed by atoms with Crippen LogP contribution in [0.15, 0.2) is 21.8 Å². The summed E-state index contributed by atoms with van der Waals surface area (Å²) in [6.45, 7) is 2.08. The number of rotatable bonds is 4. The van der Waals surface area contributed by atoms with E-state index in [0.717, 1.165) is 18.4 Å². The average Bonchev–Trinajstić information content (AvgIpc) is 3.00. The lowest BCUT2D eigenvalue weighted by Gasteiger charge is -2.15. The lowest BCUT2D eigenvalue weighted by molar-refractivity contribution is -0.133. The number of aliphatic carboxylic acids is 1. The summed E-state index contributed by atoms with van der Waals surface area (Å²) >= 11 is 4.33. The highest BCUT2D eigenvalue weighted by atomic mass is 79.9. The minimum absolute atomic E-state index is 0.0525. The second-order valence-corrected chi connectivity index (χ2v) is 6.96. The van der Waals surface area contributed by atoms with Crippen LogP contribution in [0.25, 0.3) is 11.0 Å². The molecule has 20 heavy (non-hydrogen) atoms. The van der Waals surface area contributed by atoms with Gasteiger partial charge in [0.15, 0.2) is 5.16 Å². The Morgan fingerprint density at radius 2 is 2.30 bits per heavy atom. The van der Waals surface area contributed by atoms with Crippen LogP contribution in [0.5, 0.6) is 0 Å². The summed E-state index contributed by atoms with van der Waals surface area (Å²) in [6, 6.07) is 3.10. The first-order valence-electron chi connectivity index (χ1n) is 6.13. The molecule has 0 atom stereocenters. The molecule has 1 aliphatic carbocycles. The van der Waals surface area contributed by atoms with Gasteiger partial charge in [0.1, 0.15) is 5.82 Å². The maximum Gasteiger partial charge on any atom is 0.313 e. The van der Waals surface area contributed by atoms with Crippen LogP contribution in [0, 0.1) is 5.82 Å². The van der Waals surface area contributed by atoms with Crippen LogP contribution in [0.4, 0.5) is 4.39 Å². The van der Waals surface area contributed by atoms with Crippen molar-refractivity contribution in [1.82, 2.24) is 9.55 Å². The lowest BCUT2D eigenvalue weighted by atomic mass is 10.2. The van der Waals surface area contributed by atoms with Crippen LogP contribution in [-0.2, 0) is 10.3 Å². The molecule has 0 bridgehead atoms. The van der Waals surface area contributed by atoms with Gasteiger partial charge >= 0.3 is 5.97 Å². The summed E-state index contributed by atoms with van der Waals surface area (Å²) < 4.78 is 16.1. The normalized spacial score (nSPS) is 16.6. The van der Waals surface area contributed by atoms with E-state index in [1.807, 2.05) is 4.57 Å². The Morgan fingerprint density at radius 3 is 2.90 bits per heavy atom. The van der Waals surface area contributed by atoms with Crippen molar-refractivity contribution in [3.8, 4) is 0 Å². The fourth-order valence-corrected chi connectivity index (χ4v) is 3.39. The minimum Gasteiger partial charge on any atom is -0.481 e. The fraction of sp³-hybridized carbons (Fsp3) is 0.385. The Kier molecular flexibility index (Phi) is 3.29. The van der Waals surface area contributed by atoms with Gasteiger partial charge in [0.25, 0.3) is 0 Å². The SMILES string of the molecule is CC1(n2c(SCC(=O)O)nc3cc(Br)c(F)cc32)CC1. The zero-order chi connectivity index (χ0) is 14.5. The minimum atomic E-state index is -0.887. The van der Waals surface area contributed by atoms with Gasteiger partial charge in [-0.1, -0.05) is 11.8 Å². The number of nitrogens with zero attached hydrogens (tertiary/aromatic N) is 2. The van der Waals surface area contributed by atoms with Crippen LogP contribution in [0.2, 0.25) is 0 Å². The molecular weight excluding hydrogens is 347 g/mol. The molecule has 0 radical (unpaired) electrons. The number of imidazole rings is 1. The van der Waals surface area contributed by atoms with E-state index in [9.17, 15) is 9.18 Å². The monoisotopic (exact) mass is 358 g/mol. The third-order valence-corrected chi connectivity index (χ3v) is 5.03. The molecule has 106 valence electrons. The van der Waals surface area contributed by atoms with E-state index in [2.05, 4.69) is 27.8 Å². The van der Waals surface area contributed by atoms with Crippen LogP contribution in [0.3, 0.4) is 0 Å². The Morgan fingerprint density at radius 1 is 1.60 bits per heavy atom. The van der Waals surface area contributed by atoms with Crippen LogP contribution >= 0.6 is 27.7 Å². The van der Waals surface area contributed by atoms with E-state index in [0.29, 0.717) is 15.1 Å². The molecule has 1 aromatic carbocycles. The van der Waals surface area contributed by atoms with Crippen molar-refractivity contribution in [3.63, 3.8) is 0 Å². The first-order chi connectivity index (χ1) is 9.40. The number of halogens is 2. The van der Waals surface area contributed by atoms with Crippen molar-refractivity contribution in [2.45, 2.75) is 30.5 Å². The first-order valence-corrected chi connectivity index (χ1v) is 7.91. The molecule has 2 aromatic rings. The van der Waals surface area contributed by atoms with E-state index in [4.69, 9.17) is 5.11 Å². The van der Waals surface area contributed by atoms with E-state index in [1.165, 1.54) is 17.8 Å². The zero-order valence-electron chi connectivity index (χ0n) is 10.7. The molecule has 1 N–H and O–H groups in total. The van der Waals surface area contributed by atoms with Gasteiger partial charge in [-0.3, -0.25) is 4.79 Å². The molecule has 4 nitrogen and oxygen atoms in total. The van der Waals surface area contributed by atoms with Gasteiger partial charge in [0.2, 0.25) is 0 Å². The van der Waals surface area contributed by atoms with Crippen LogP contribution in [0.1, 0.15) is 19.8 Å². The number of aromatic nitrogens is 2. The van der Waals surface area contributed by atoms with Gasteiger partial charge in [-0.25, -0.2) is 9.37 Å². The number of fused-ring (bicyclic) bond motifs is 1. The van der Waals surface area contributed by atoms with E-state index < -0.39 is 5.97 Å². The van der Waals surface area contributed by atoms with Gasteiger partial charge in [-0.15, -0.1) is 0 Å². The van der Waals surface area contributed by atoms with Crippen molar-refractivity contribution in [2.75, 3.05) is 5.75 Å². The highest BCUT2D eigenvalue weighted by Crippen LogP contribution is 2.47. The molecule has 0 unspecified atom stereocenters. The Hall–Kier alpha value is -1.08. The Labute approximate surface area is 127 Å². The fourth-order valence-electron chi connectivity index (χ4n) is 2.20. The third kappa shape index (κ3) is 2.33. The molecule has 3 rings (SSSR count). The predicted molar refractivity (Wildman–Crippen MR) is 78.6 cm³/mol. The quantitative estimate of drug-likeness (QED) is 0.848. The molecule has 1 aromatic heterocycles. The summed E-state index contributed by atoms with van der Waals surface area (Å²) in [4.78, 5) is 15.2. The number of carboxylic acid groups (broad SMARTS) is 1. The van der Waals surface area contributed by atoms with Crippen molar-refractivity contribution >= 4 is 44.7 Å². The molecule has 0 amide bonds. The van der Waals surface area contributed by atoms with Gasteiger partial charge in [-0.05, 0) is 41.8 Å². The number of thioether (sulfide) groups is 1. The first kappa shape index (κ1) is 13.9. The summed E-state index contributed by atoms with van der Waals surface area (Å²) in [7, 11) is 0. The number of hydrogen-bond donors (Lipinski definition) is 1. The number of carbonyl (C=O) groups is 1. The number of benzene rings is 1. The standard InChI is InChI=1S/C13H12BrFN2O2S/c1-13(2-3-13)17-10-5-8(15)7(14)4-9(10)16-12(17)20-6-11(18)19/h4-5H,2-3,6H2,1H3,(H,18,19). The smallest absolute Gasteiger partial charge is 0.313 e. The zero-order valence-corrected chi connectivity index (χ0v) is 13.1. The molecule has 0 spiro atoms. The van der Waals surface area contributed by atoms with Gasteiger partial charge < -0.3 is 9.67 Å². The summed E-state index contributed by atoms with van der Waals surface area (Å²) in [6.07, 6.45) is 1.99. The van der Waals surface area contributed by atoms with Crippen molar-refractivity contribution < 1.29 is 14.3 Å². The molecule has 1 saturated carbocycles. The molecule has 7 heteroatoms. The highest BCUT2D eigenvalue weighted by Gasteiger charge is 2.42. The van der Waals surface area contributed by atoms with E-state index in [-0.39, 0.29) is 17.1 Å². The van der Waals surface area contributed by atoms with Gasteiger partial charge in [0, 0.05) is 11.6 Å². The summed E-state index contributed by atoms with van der Waals surface area (Å²) in [5.41, 5.74) is 1.33. The number of hydrogen-bond acceptors (Lipinski definition) is 3. The Bertz CT molecular complexity index is 712. The van der Waals surface area contributed by atoms with E-state index >= 15 is 0 Å². The van der Waals surface area contributed by atoms with Crippen molar-refractivity contribution in [2.24, 2.45) is 0 Å². The topological polar surface area (TPSA) is 55.1 Å². The van der Waals surface area contributed by atoms with Crippen molar-refractivity contribution in [1.29, 1.82) is 0 Å². The second kappa shape index (κ2) is 4.73. The number of carboxylic acids is 1. The molecule has 1 fully saturated rings. The average molecular weight is 359 g/mol. The van der Waals surface area contributed by atoms with Gasteiger partial charge in [0.05, 0.1) is 21.3 Å². The summed E-state index contributed by atoms with van der Waals surface area (Å²) in [5.74, 6) is -1.28. The maximum atomic E-state index is 13.8. The maximum absolute atomic E-state index is 13.8. The summed E-state index contributed by atoms with van der Waals surface area (Å²) in [5, 5.41) is 9.46. The Balaban J connectivity index is 2.15.